The average molecular weight is 1240 g/mol. The number of benzene rings is 3. The van der Waals surface area contributed by atoms with Gasteiger partial charge in [-0.05, 0) is 134 Å². The van der Waals surface area contributed by atoms with E-state index in [9.17, 15) is 14.4 Å². The first-order chi connectivity index (χ1) is 42.0. The van der Waals surface area contributed by atoms with Gasteiger partial charge in [0.2, 0.25) is 11.7 Å². The SMILES string of the molecule is C.COc1cc(CCO[C@@H]2CCCC[C@H]2N2CC[C@@H](OC(=O)CCSSc3ccccn3)C2)ccc1C.COc1ccc(CCO[C@@H]2CCCC[C@H]2N2CC[C@@H](OC(=O)CCC(=O)N3CCN(Cc4cc(OC)c(OC)c(OC)c4)CC3)C2)cc1OC. The highest BCUT2D eigenvalue weighted by molar-refractivity contribution is 8.76. The molecule has 0 spiro atoms. The summed E-state index contributed by atoms with van der Waals surface area (Å²) < 4.78 is 57.3. The first-order valence-electron chi connectivity index (χ1n) is 30.9. The zero-order chi connectivity index (χ0) is 60.6. The quantitative estimate of drug-likeness (QED) is 0.0299. The summed E-state index contributed by atoms with van der Waals surface area (Å²) in [5.74, 6) is 4.54. The molecule has 18 nitrogen and oxygen atoms in total. The first-order valence-corrected chi connectivity index (χ1v) is 33.2. The van der Waals surface area contributed by atoms with Crippen LogP contribution in [0.1, 0.15) is 113 Å². The summed E-state index contributed by atoms with van der Waals surface area (Å²) in [7, 11) is 13.1. The number of aryl methyl sites for hydroxylation is 1. The number of methoxy groups -OCH3 is 6. The van der Waals surface area contributed by atoms with Gasteiger partial charge in [0.25, 0.3) is 0 Å². The lowest BCUT2D eigenvalue weighted by Crippen LogP contribution is -2.48. The highest BCUT2D eigenvalue weighted by Gasteiger charge is 2.38. The minimum absolute atomic E-state index is 0. The van der Waals surface area contributed by atoms with Crippen LogP contribution < -0.4 is 28.4 Å². The Hall–Kier alpha value is -5.48. The third kappa shape index (κ3) is 20.8. The topological polar surface area (TPSA) is 169 Å². The fraction of sp³-hybridized carbons (Fsp3) is 0.612. The van der Waals surface area contributed by atoms with Crippen molar-refractivity contribution in [1.29, 1.82) is 0 Å². The van der Waals surface area contributed by atoms with Crippen molar-refractivity contribution in [2.75, 3.05) is 114 Å². The van der Waals surface area contributed by atoms with Gasteiger partial charge in [-0.25, -0.2) is 4.98 Å². The van der Waals surface area contributed by atoms with Crippen LogP contribution >= 0.6 is 21.6 Å². The van der Waals surface area contributed by atoms with E-state index in [0.29, 0.717) is 75.1 Å². The van der Waals surface area contributed by atoms with Crippen molar-refractivity contribution in [3.8, 4) is 34.5 Å². The predicted molar refractivity (Wildman–Crippen MR) is 342 cm³/mol. The number of hydrogen-bond donors (Lipinski definition) is 0. The standard InChI is InChI=1S/C38H55N3O9.C28H38N2O4S2.CH4/c1-44-32-11-10-27(22-33(32)45-2)15-21-49-31-9-7-6-8-30(31)41-16-14-29(26-41)50-37(43)13-12-36(42)40-19-17-39(18-20-40)25-28-23-34(46-3)38(48-5)35(24-28)47-4;1-21-10-11-22(19-26(21)32-2)13-17-33-25-8-4-3-7-24(25)30-16-12-23(20-30)34-28(31)14-18-35-36-27-9-5-6-15-29-27;/h10-11,22-24,29-31H,6-9,12-21,25-26H2,1-5H3;5-6,9-11,15,19,23-25H,3-4,7-8,12-14,16-18,20H2,1-2H3;1H4/t29-,30-,31-;23-,24-,25-;/m11./s1. The van der Waals surface area contributed by atoms with Gasteiger partial charge < -0.3 is 52.3 Å². The molecule has 0 radical (unpaired) electrons. The summed E-state index contributed by atoms with van der Waals surface area (Å²) in [4.78, 5) is 51.6. The second-order valence-corrected chi connectivity index (χ2v) is 25.3. The van der Waals surface area contributed by atoms with Crippen LogP contribution in [0.15, 0.2) is 78.0 Å². The molecule has 2 aliphatic carbocycles. The molecule has 1 amide bonds. The van der Waals surface area contributed by atoms with Crippen molar-refractivity contribution in [2.24, 2.45) is 0 Å². The lowest BCUT2D eigenvalue weighted by molar-refractivity contribution is -0.151. The van der Waals surface area contributed by atoms with Gasteiger partial charge in [0, 0.05) is 89.4 Å². The van der Waals surface area contributed by atoms with Crippen LogP contribution in [0.2, 0.25) is 0 Å². The van der Waals surface area contributed by atoms with Crippen molar-refractivity contribution in [3.05, 3.63) is 95.2 Å². The Morgan fingerprint density at radius 3 is 1.64 bits per heavy atom. The Labute approximate surface area is 525 Å². The van der Waals surface area contributed by atoms with Gasteiger partial charge >= 0.3 is 11.9 Å². The van der Waals surface area contributed by atoms with E-state index in [4.69, 9.17) is 47.4 Å². The molecular weight excluding hydrogens is 1150 g/mol. The number of likely N-dealkylation sites (tertiary alicyclic amines) is 2. The van der Waals surface area contributed by atoms with Crippen molar-refractivity contribution >= 4 is 39.4 Å². The normalized spacial score (nSPS) is 21.6. The number of pyridine rings is 1. The number of esters is 2. The van der Waals surface area contributed by atoms with Gasteiger partial charge in [0.1, 0.15) is 23.0 Å². The second kappa shape index (κ2) is 36.2. The van der Waals surface area contributed by atoms with Crippen LogP contribution in [0.4, 0.5) is 0 Å². The number of aromatic nitrogens is 1. The van der Waals surface area contributed by atoms with Gasteiger partial charge in [0.05, 0.1) is 80.9 Å². The number of carbonyl (C=O) groups excluding carboxylic acids is 3. The largest absolute Gasteiger partial charge is 0.496 e. The van der Waals surface area contributed by atoms with Crippen molar-refractivity contribution < 1.29 is 61.8 Å². The molecule has 1 aromatic heterocycles. The van der Waals surface area contributed by atoms with Crippen LogP contribution in [0, 0.1) is 6.92 Å². The minimum atomic E-state index is -0.294. The number of carbonyl (C=O) groups is 3. The third-order valence-corrected chi connectivity index (χ3v) is 19.4. The number of piperazine rings is 1. The van der Waals surface area contributed by atoms with Crippen molar-refractivity contribution in [3.63, 3.8) is 0 Å². The fourth-order valence-corrected chi connectivity index (χ4v) is 14.4. The van der Waals surface area contributed by atoms with Gasteiger partial charge in [-0.2, -0.15) is 0 Å². The molecular formula is C67H97N5O13S2. The molecule has 20 heteroatoms. The molecule has 0 bridgehead atoms. The summed E-state index contributed by atoms with van der Waals surface area (Å²) in [5, 5.41) is 0.963. The Morgan fingerprint density at radius 2 is 1.09 bits per heavy atom. The minimum Gasteiger partial charge on any atom is -0.496 e. The highest BCUT2D eigenvalue weighted by Crippen LogP contribution is 2.39. The van der Waals surface area contributed by atoms with Gasteiger partial charge in [-0.1, -0.05) is 68.2 Å². The Balaban J connectivity index is 0.000000259. The van der Waals surface area contributed by atoms with E-state index in [0.717, 1.165) is 129 Å². The molecule has 5 aliphatic rings. The summed E-state index contributed by atoms with van der Waals surface area (Å²) >= 11 is 0. The van der Waals surface area contributed by atoms with E-state index in [2.05, 4.69) is 50.9 Å². The van der Waals surface area contributed by atoms with Crippen molar-refractivity contribution in [1.82, 2.24) is 24.6 Å². The van der Waals surface area contributed by atoms with E-state index in [-0.39, 0.29) is 62.5 Å². The maximum atomic E-state index is 13.0. The van der Waals surface area contributed by atoms with Crippen LogP contribution in [0.5, 0.6) is 34.5 Å². The van der Waals surface area contributed by atoms with Crippen LogP contribution in [-0.4, -0.2) is 193 Å². The fourth-order valence-electron chi connectivity index (χ4n) is 12.5. The van der Waals surface area contributed by atoms with E-state index < -0.39 is 0 Å². The third-order valence-electron chi connectivity index (χ3n) is 17.2. The zero-order valence-corrected chi connectivity index (χ0v) is 53.5. The summed E-state index contributed by atoms with van der Waals surface area (Å²) in [6, 6.07) is 22.9. The molecule has 0 unspecified atom stereocenters. The molecule has 480 valence electrons. The van der Waals surface area contributed by atoms with Gasteiger partial charge in [0.15, 0.2) is 23.0 Å². The Kier molecular flexibility index (Phi) is 28.7. The van der Waals surface area contributed by atoms with Crippen LogP contribution in [0.25, 0.3) is 0 Å². The average Bonchev–Trinajstić information content (AvgIpc) is 4.24. The molecule has 2 saturated carbocycles. The predicted octanol–water partition coefficient (Wildman–Crippen LogP) is 10.7. The first kappa shape index (κ1) is 69.0. The van der Waals surface area contributed by atoms with Gasteiger partial charge in [-0.3, -0.25) is 29.1 Å². The Bertz CT molecular complexity index is 2710. The van der Waals surface area contributed by atoms with E-state index in [1.807, 2.05) is 47.4 Å². The number of hydrogen-bond acceptors (Lipinski definition) is 19. The maximum absolute atomic E-state index is 13.0. The highest BCUT2D eigenvalue weighted by atomic mass is 33.1. The molecule has 3 saturated heterocycles. The molecule has 9 rings (SSSR count). The van der Waals surface area contributed by atoms with E-state index in [1.165, 1.54) is 31.2 Å². The number of ether oxygens (including phenoxy) is 10. The monoisotopic (exact) mass is 1240 g/mol. The second-order valence-electron chi connectivity index (χ2n) is 22.8. The smallest absolute Gasteiger partial charge is 0.306 e. The zero-order valence-electron chi connectivity index (χ0n) is 51.8. The molecule has 4 heterocycles. The van der Waals surface area contributed by atoms with E-state index >= 15 is 0 Å². The molecule has 3 aromatic carbocycles. The molecule has 5 fully saturated rings. The lowest BCUT2D eigenvalue weighted by Gasteiger charge is -2.37. The number of nitrogens with zero attached hydrogens (tertiary/aromatic N) is 5. The molecule has 4 aromatic rings. The summed E-state index contributed by atoms with van der Waals surface area (Å²) in [5.41, 5.74) is 4.59. The Morgan fingerprint density at radius 1 is 0.552 bits per heavy atom. The molecule has 3 aliphatic heterocycles. The summed E-state index contributed by atoms with van der Waals surface area (Å²) in [6.07, 6.45) is 15.4. The van der Waals surface area contributed by atoms with Crippen LogP contribution in [0.3, 0.4) is 0 Å². The maximum Gasteiger partial charge on any atom is 0.306 e. The van der Waals surface area contributed by atoms with Crippen LogP contribution in [-0.2, 0) is 52.7 Å². The van der Waals surface area contributed by atoms with E-state index in [1.54, 1.807) is 70.4 Å². The summed E-state index contributed by atoms with van der Waals surface area (Å²) in [6.45, 7) is 10.2. The van der Waals surface area contributed by atoms with Crippen molar-refractivity contribution in [2.45, 2.75) is 159 Å². The molecule has 0 N–H and O–H groups in total. The molecule has 87 heavy (non-hydrogen) atoms. The lowest BCUT2D eigenvalue weighted by atomic mass is 9.91. The molecule has 6 atom stereocenters. The number of amides is 1. The van der Waals surface area contributed by atoms with Gasteiger partial charge in [-0.15, -0.1) is 0 Å². The number of rotatable bonds is 28.